The third kappa shape index (κ3) is 4.30. The number of rotatable bonds is 3. The first-order valence-electron chi connectivity index (χ1n) is 8.37. The first-order chi connectivity index (χ1) is 11.1. The summed E-state index contributed by atoms with van der Waals surface area (Å²) in [6.45, 7) is 1.68. The SMILES string of the molecule is O=C(NC1CCN(c2cccc(Cl)c2)C1)NC1CCCCC1O. The molecule has 6 heteroatoms. The summed E-state index contributed by atoms with van der Waals surface area (Å²) in [6, 6.07) is 7.61. The molecule has 3 N–H and O–H groups in total. The highest BCUT2D eigenvalue weighted by Crippen LogP contribution is 2.23. The summed E-state index contributed by atoms with van der Waals surface area (Å²) < 4.78 is 0. The van der Waals surface area contributed by atoms with E-state index in [1.165, 1.54) is 0 Å². The molecule has 0 bridgehead atoms. The van der Waals surface area contributed by atoms with Crippen LogP contribution in [0.3, 0.4) is 0 Å². The molecule has 1 saturated heterocycles. The highest BCUT2D eigenvalue weighted by atomic mass is 35.5. The molecule has 0 spiro atoms. The Morgan fingerprint density at radius 1 is 1.22 bits per heavy atom. The zero-order valence-electron chi connectivity index (χ0n) is 13.2. The van der Waals surface area contributed by atoms with Crippen LogP contribution in [0.5, 0.6) is 0 Å². The number of carbonyl (C=O) groups excluding carboxylic acids is 1. The summed E-state index contributed by atoms with van der Waals surface area (Å²) in [4.78, 5) is 14.4. The zero-order valence-corrected chi connectivity index (χ0v) is 13.9. The molecule has 2 aliphatic rings. The number of hydrogen-bond donors (Lipinski definition) is 3. The number of anilines is 1. The van der Waals surface area contributed by atoms with Gasteiger partial charge in [-0.1, -0.05) is 30.5 Å². The molecule has 126 valence electrons. The van der Waals surface area contributed by atoms with Crippen LogP contribution in [0.4, 0.5) is 10.5 Å². The van der Waals surface area contributed by atoms with E-state index < -0.39 is 6.10 Å². The van der Waals surface area contributed by atoms with Gasteiger partial charge < -0.3 is 20.6 Å². The van der Waals surface area contributed by atoms with Crippen molar-refractivity contribution in [3.63, 3.8) is 0 Å². The topological polar surface area (TPSA) is 64.6 Å². The Morgan fingerprint density at radius 3 is 2.83 bits per heavy atom. The van der Waals surface area contributed by atoms with Crippen molar-refractivity contribution in [3.05, 3.63) is 29.3 Å². The predicted molar refractivity (Wildman–Crippen MR) is 92.0 cm³/mol. The molecule has 1 aliphatic carbocycles. The summed E-state index contributed by atoms with van der Waals surface area (Å²) in [5.74, 6) is 0. The fourth-order valence-electron chi connectivity index (χ4n) is 3.46. The average Bonchev–Trinajstić information content (AvgIpc) is 2.98. The number of amides is 2. The molecule has 1 aliphatic heterocycles. The zero-order chi connectivity index (χ0) is 16.2. The lowest BCUT2D eigenvalue weighted by atomic mass is 9.93. The number of halogens is 1. The third-order valence-corrected chi connectivity index (χ3v) is 4.98. The Morgan fingerprint density at radius 2 is 2.04 bits per heavy atom. The lowest BCUT2D eigenvalue weighted by Gasteiger charge is -2.29. The fourth-order valence-corrected chi connectivity index (χ4v) is 3.65. The van der Waals surface area contributed by atoms with Crippen LogP contribution >= 0.6 is 11.6 Å². The maximum Gasteiger partial charge on any atom is 0.315 e. The van der Waals surface area contributed by atoms with Crippen molar-refractivity contribution in [1.29, 1.82) is 0 Å². The number of nitrogens with zero attached hydrogens (tertiary/aromatic N) is 1. The normalized spacial score (nSPS) is 27.7. The molecule has 1 aromatic rings. The maximum absolute atomic E-state index is 12.1. The standard InChI is InChI=1S/C17H24ClN3O2/c18-12-4-3-5-14(10-12)21-9-8-13(11-21)19-17(23)20-15-6-1-2-7-16(15)22/h3-5,10,13,15-16,22H,1-2,6-9,11H2,(H2,19,20,23). The van der Waals surface area contributed by atoms with E-state index in [1.807, 2.05) is 24.3 Å². The Balaban J connectivity index is 1.48. The van der Waals surface area contributed by atoms with Crippen LogP contribution in [0.1, 0.15) is 32.1 Å². The molecule has 1 aromatic carbocycles. The van der Waals surface area contributed by atoms with Gasteiger partial charge in [-0.05, 0) is 37.5 Å². The number of carbonyl (C=O) groups is 1. The molecule has 2 amide bonds. The number of hydrogen-bond acceptors (Lipinski definition) is 3. The van der Waals surface area contributed by atoms with Crippen molar-refractivity contribution in [2.75, 3.05) is 18.0 Å². The Bertz CT molecular complexity index is 554. The molecular formula is C17H24ClN3O2. The van der Waals surface area contributed by atoms with E-state index in [9.17, 15) is 9.90 Å². The molecule has 2 fully saturated rings. The minimum Gasteiger partial charge on any atom is -0.391 e. The summed E-state index contributed by atoms with van der Waals surface area (Å²) in [7, 11) is 0. The maximum atomic E-state index is 12.1. The van der Waals surface area contributed by atoms with Crippen LogP contribution in [0, 0.1) is 0 Å². The van der Waals surface area contributed by atoms with Crippen molar-refractivity contribution in [3.8, 4) is 0 Å². The minimum atomic E-state index is -0.416. The van der Waals surface area contributed by atoms with Gasteiger partial charge in [0.1, 0.15) is 0 Å². The number of aliphatic hydroxyl groups excluding tert-OH is 1. The van der Waals surface area contributed by atoms with Crippen molar-refractivity contribution >= 4 is 23.3 Å². The van der Waals surface area contributed by atoms with Gasteiger partial charge in [0.25, 0.3) is 0 Å². The van der Waals surface area contributed by atoms with Crippen LogP contribution in [0.15, 0.2) is 24.3 Å². The quantitative estimate of drug-likeness (QED) is 0.794. The monoisotopic (exact) mass is 337 g/mol. The lowest BCUT2D eigenvalue weighted by molar-refractivity contribution is 0.0941. The van der Waals surface area contributed by atoms with Crippen molar-refractivity contribution in [1.82, 2.24) is 10.6 Å². The van der Waals surface area contributed by atoms with E-state index in [0.29, 0.717) is 0 Å². The second-order valence-electron chi connectivity index (χ2n) is 6.49. The van der Waals surface area contributed by atoms with Gasteiger partial charge in [0, 0.05) is 29.8 Å². The molecule has 0 radical (unpaired) electrons. The van der Waals surface area contributed by atoms with Crippen LogP contribution < -0.4 is 15.5 Å². The molecule has 0 aromatic heterocycles. The molecule has 3 unspecified atom stereocenters. The molecule has 3 atom stereocenters. The highest BCUT2D eigenvalue weighted by Gasteiger charge is 2.27. The van der Waals surface area contributed by atoms with Crippen molar-refractivity contribution < 1.29 is 9.90 Å². The number of nitrogens with one attached hydrogen (secondary N) is 2. The Labute approximate surface area is 142 Å². The van der Waals surface area contributed by atoms with E-state index in [4.69, 9.17) is 11.6 Å². The second kappa shape index (κ2) is 7.41. The summed E-state index contributed by atoms with van der Waals surface area (Å²) in [6.07, 6.45) is 4.23. The van der Waals surface area contributed by atoms with Gasteiger partial charge in [0.2, 0.25) is 0 Å². The van der Waals surface area contributed by atoms with Crippen LogP contribution in [-0.4, -0.2) is 42.4 Å². The molecule has 3 rings (SSSR count). The number of aliphatic hydroxyl groups is 1. The molecule has 1 saturated carbocycles. The van der Waals surface area contributed by atoms with E-state index in [2.05, 4.69) is 15.5 Å². The van der Waals surface area contributed by atoms with Gasteiger partial charge in [-0.25, -0.2) is 4.79 Å². The first kappa shape index (κ1) is 16.4. The molecule has 23 heavy (non-hydrogen) atoms. The van der Waals surface area contributed by atoms with Crippen LogP contribution in [-0.2, 0) is 0 Å². The van der Waals surface area contributed by atoms with Gasteiger partial charge in [-0.3, -0.25) is 0 Å². The van der Waals surface area contributed by atoms with Gasteiger partial charge in [0.15, 0.2) is 0 Å². The minimum absolute atomic E-state index is 0.116. The molecule has 1 heterocycles. The Kier molecular flexibility index (Phi) is 5.28. The summed E-state index contributed by atoms with van der Waals surface area (Å²) in [5.41, 5.74) is 1.09. The van der Waals surface area contributed by atoms with Crippen LogP contribution in [0.2, 0.25) is 5.02 Å². The predicted octanol–water partition coefficient (Wildman–Crippen LogP) is 2.52. The van der Waals surface area contributed by atoms with Crippen molar-refractivity contribution in [2.45, 2.75) is 50.3 Å². The Hall–Kier alpha value is -1.46. The first-order valence-corrected chi connectivity index (χ1v) is 8.75. The van der Waals surface area contributed by atoms with E-state index in [0.717, 1.165) is 55.9 Å². The molecular weight excluding hydrogens is 314 g/mol. The average molecular weight is 338 g/mol. The lowest BCUT2D eigenvalue weighted by Crippen LogP contribution is -2.51. The summed E-state index contributed by atoms with van der Waals surface area (Å²) in [5, 5.41) is 16.6. The van der Waals surface area contributed by atoms with E-state index >= 15 is 0 Å². The fraction of sp³-hybridized carbons (Fsp3) is 0.588. The smallest absolute Gasteiger partial charge is 0.315 e. The van der Waals surface area contributed by atoms with E-state index in [1.54, 1.807) is 0 Å². The van der Waals surface area contributed by atoms with Crippen LogP contribution in [0.25, 0.3) is 0 Å². The number of benzene rings is 1. The van der Waals surface area contributed by atoms with Crippen molar-refractivity contribution in [2.24, 2.45) is 0 Å². The van der Waals surface area contributed by atoms with Gasteiger partial charge in [-0.2, -0.15) is 0 Å². The third-order valence-electron chi connectivity index (χ3n) is 4.74. The largest absolute Gasteiger partial charge is 0.391 e. The van der Waals surface area contributed by atoms with Gasteiger partial charge in [0.05, 0.1) is 12.1 Å². The van der Waals surface area contributed by atoms with Gasteiger partial charge >= 0.3 is 6.03 Å². The van der Waals surface area contributed by atoms with Gasteiger partial charge in [-0.15, -0.1) is 0 Å². The number of urea groups is 1. The van der Waals surface area contributed by atoms with E-state index in [-0.39, 0.29) is 18.1 Å². The highest BCUT2D eigenvalue weighted by molar-refractivity contribution is 6.30. The second-order valence-corrected chi connectivity index (χ2v) is 6.92. The summed E-state index contributed by atoms with van der Waals surface area (Å²) >= 11 is 6.04. The molecule has 5 nitrogen and oxygen atoms in total.